The van der Waals surface area contributed by atoms with Gasteiger partial charge in [-0.15, -0.1) is 0 Å². The third-order valence-corrected chi connectivity index (χ3v) is 6.02. The normalized spacial score (nSPS) is 24.0. The van der Waals surface area contributed by atoms with Crippen LogP contribution >= 0.6 is 0 Å². The molecule has 1 aliphatic carbocycles. The fourth-order valence-corrected chi connectivity index (χ4v) is 3.97. The third kappa shape index (κ3) is 4.52. The van der Waals surface area contributed by atoms with Gasteiger partial charge in [0.15, 0.2) is 11.6 Å². The number of nitrogens with one attached hydrogen (secondary N) is 1. The monoisotopic (exact) mass is 405 g/mol. The van der Waals surface area contributed by atoms with Crippen molar-refractivity contribution in [2.75, 3.05) is 26.7 Å². The number of halogens is 1. The molecule has 3 rings (SSSR count). The number of carbonyl (C=O) groups is 3. The molecule has 2 aliphatic rings. The lowest BCUT2D eigenvalue weighted by molar-refractivity contribution is -0.139. The summed E-state index contributed by atoms with van der Waals surface area (Å²) in [5, 5.41) is 2.83. The fraction of sp³-hybridized carbons (Fsp3) is 0.571. The molecular formula is C21H28FN3O4. The predicted molar refractivity (Wildman–Crippen MR) is 105 cm³/mol. The molecule has 0 unspecified atom stereocenters. The summed E-state index contributed by atoms with van der Waals surface area (Å²) in [6.07, 6.45) is 4.11. The summed E-state index contributed by atoms with van der Waals surface area (Å²) in [5.74, 6) is -0.441. The predicted octanol–water partition coefficient (Wildman–Crippen LogP) is 2.55. The Kier molecular flexibility index (Phi) is 6.39. The Hall–Kier alpha value is -2.64. The number of carbonyl (C=O) groups excluding carboxylic acids is 3. The van der Waals surface area contributed by atoms with Crippen LogP contribution in [0.5, 0.6) is 5.75 Å². The van der Waals surface area contributed by atoms with Crippen molar-refractivity contribution in [1.82, 2.24) is 15.1 Å². The molecule has 1 aromatic carbocycles. The van der Waals surface area contributed by atoms with E-state index < -0.39 is 17.4 Å². The largest absolute Gasteiger partial charge is 0.489 e. The van der Waals surface area contributed by atoms with Gasteiger partial charge in [0.25, 0.3) is 5.91 Å². The van der Waals surface area contributed by atoms with Gasteiger partial charge in [0.2, 0.25) is 5.91 Å². The summed E-state index contributed by atoms with van der Waals surface area (Å²) in [7, 11) is 1.56. The summed E-state index contributed by atoms with van der Waals surface area (Å²) < 4.78 is 18.9. The van der Waals surface area contributed by atoms with E-state index in [0.717, 1.165) is 24.2 Å². The third-order valence-electron chi connectivity index (χ3n) is 6.02. The molecule has 0 atom stereocenters. The van der Waals surface area contributed by atoms with E-state index in [1.165, 1.54) is 17.0 Å². The zero-order valence-electron chi connectivity index (χ0n) is 16.9. The van der Waals surface area contributed by atoms with Crippen molar-refractivity contribution in [3.8, 4) is 5.75 Å². The van der Waals surface area contributed by atoms with Gasteiger partial charge in [-0.05, 0) is 43.7 Å². The van der Waals surface area contributed by atoms with E-state index in [1.807, 2.05) is 0 Å². The topological polar surface area (TPSA) is 79.0 Å². The second kappa shape index (κ2) is 8.80. The van der Waals surface area contributed by atoms with Crippen LogP contribution in [-0.2, 0) is 9.59 Å². The molecule has 8 heteroatoms. The Morgan fingerprint density at radius 1 is 1.31 bits per heavy atom. The summed E-state index contributed by atoms with van der Waals surface area (Å²) in [4.78, 5) is 40.1. The quantitative estimate of drug-likeness (QED) is 0.707. The average Bonchev–Trinajstić information content (AvgIpc) is 2.94. The van der Waals surface area contributed by atoms with Crippen LogP contribution in [0.2, 0.25) is 0 Å². The summed E-state index contributed by atoms with van der Waals surface area (Å²) >= 11 is 0. The molecule has 29 heavy (non-hydrogen) atoms. The summed E-state index contributed by atoms with van der Waals surface area (Å²) in [5.41, 5.74) is -0.852. The first-order valence-corrected chi connectivity index (χ1v) is 10.1. The molecule has 4 amide bonds. The molecule has 1 spiro atoms. The van der Waals surface area contributed by atoms with Crippen molar-refractivity contribution in [3.63, 3.8) is 0 Å². The van der Waals surface area contributed by atoms with Gasteiger partial charge in [0, 0.05) is 7.05 Å². The standard InChI is InChI=1S/C21H28FN3O4/c1-3-15-8-10-21(11-9-15)19(27)25(20(28)23-21)14-18(26)24(2)12-13-29-17-7-5-4-6-16(17)22/h4-7,15H,3,8-14H2,1-2H3,(H,23,28). The fourth-order valence-electron chi connectivity index (χ4n) is 3.97. The summed E-state index contributed by atoms with van der Waals surface area (Å²) in [6.45, 7) is 2.14. The van der Waals surface area contributed by atoms with Crippen molar-refractivity contribution in [2.24, 2.45) is 5.92 Å². The Morgan fingerprint density at radius 3 is 2.66 bits per heavy atom. The molecule has 1 aromatic rings. The van der Waals surface area contributed by atoms with Gasteiger partial charge in [-0.1, -0.05) is 25.5 Å². The second-order valence-electron chi connectivity index (χ2n) is 7.85. The molecule has 7 nitrogen and oxygen atoms in total. The molecule has 1 aliphatic heterocycles. The first-order chi connectivity index (χ1) is 13.9. The first-order valence-electron chi connectivity index (χ1n) is 10.1. The van der Waals surface area contributed by atoms with Gasteiger partial charge in [0.05, 0.1) is 6.54 Å². The molecule has 158 valence electrons. The van der Waals surface area contributed by atoms with E-state index in [2.05, 4.69) is 12.2 Å². The Balaban J connectivity index is 1.51. The maximum absolute atomic E-state index is 13.6. The minimum atomic E-state index is -0.852. The lowest BCUT2D eigenvalue weighted by Gasteiger charge is -2.34. The van der Waals surface area contributed by atoms with Crippen LogP contribution in [0.25, 0.3) is 0 Å². The molecule has 2 fully saturated rings. The number of urea groups is 1. The molecule has 1 saturated heterocycles. The first kappa shape index (κ1) is 21.1. The van der Waals surface area contributed by atoms with E-state index >= 15 is 0 Å². The van der Waals surface area contributed by atoms with Crippen molar-refractivity contribution in [2.45, 2.75) is 44.6 Å². The Labute approximate surface area is 170 Å². The molecule has 0 aromatic heterocycles. The number of imide groups is 1. The molecule has 0 radical (unpaired) electrons. The molecule has 1 heterocycles. The van der Waals surface area contributed by atoms with Crippen LogP contribution < -0.4 is 10.1 Å². The molecular weight excluding hydrogens is 377 g/mol. The average molecular weight is 405 g/mol. The SMILES string of the molecule is CCC1CCC2(CC1)NC(=O)N(CC(=O)N(C)CCOc1ccccc1F)C2=O. The van der Waals surface area contributed by atoms with E-state index in [4.69, 9.17) is 4.74 Å². The van der Waals surface area contributed by atoms with E-state index in [1.54, 1.807) is 19.2 Å². The highest BCUT2D eigenvalue weighted by atomic mass is 19.1. The van der Waals surface area contributed by atoms with Crippen LogP contribution in [0, 0.1) is 11.7 Å². The minimum absolute atomic E-state index is 0.103. The van der Waals surface area contributed by atoms with Crippen molar-refractivity contribution < 1.29 is 23.5 Å². The van der Waals surface area contributed by atoms with E-state index in [9.17, 15) is 18.8 Å². The maximum atomic E-state index is 13.6. The molecule has 1 saturated carbocycles. The number of ether oxygens (including phenoxy) is 1. The Morgan fingerprint density at radius 2 is 2.00 bits per heavy atom. The van der Waals surface area contributed by atoms with Crippen LogP contribution in [0.1, 0.15) is 39.0 Å². The van der Waals surface area contributed by atoms with Gasteiger partial charge >= 0.3 is 6.03 Å². The van der Waals surface area contributed by atoms with Crippen LogP contribution in [-0.4, -0.2) is 59.9 Å². The van der Waals surface area contributed by atoms with Gasteiger partial charge in [-0.25, -0.2) is 9.18 Å². The van der Waals surface area contributed by atoms with Gasteiger partial charge < -0.3 is 15.0 Å². The van der Waals surface area contributed by atoms with Crippen LogP contribution in [0.4, 0.5) is 9.18 Å². The van der Waals surface area contributed by atoms with Crippen molar-refractivity contribution in [3.05, 3.63) is 30.1 Å². The van der Waals surface area contributed by atoms with Crippen molar-refractivity contribution in [1.29, 1.82) is 0 Å². The van der Waals surface area contributed by atoms with E-state index in [0.29, 0.717) is 18.8 Å². The number of nitrogens with zero attached hydrogens (tertiary/aromatic N) is 2. The lowest BCUT2D eigenvalue weighted by atomic mass is 9.75. The maximum Gasteiger partial charge on any atom is 0.325 e. The molecule has 0 bridgehead atoms. The highest BCUT2D eigenvalue weighted by molar-refractivity contribution is 6.09. The highest BCUT2D eigenvalue weighted by Crippen LogP contribution is 2.37. The number of likely N-dealkylation sites (N-methyl/N-ethyl adjacent to an activating group) is 1. The number of benzene rings is 1. The highest BCUT2D eigenvalue weighted by Gasteiger charge is 2.52. The zero-order chi connectivity index (χ0) is 21.0. The molecule has 1 N–H and O–H groups in total. The smallest absolute Gasteiger partial charge is 0.325 e. The second-order valence-corrected chi connectivity index (χ2v) is 7.85. The lowest BCUT2D eigenvalue weighted by Crippen LogP contribution is -2.50. The number of rotatable bonds is 7. The number of hydrogen-bond donors (Lipinski definition) is 1. The van der Waals surface area contributed by atoms with Crippen LogP contribution in [0.3, 0.4) is 0 Å². The number of para-hydroxylation sites is 1. The van der Waals surface area contributed by atoms with E-state index in [-0.39, 0.29) is 37.3 Å². The van der Waals surface area contributed by atoms with Gasteiger partial charge in [-0.2, -0.15) is 0 Å². The number of amides is 4. The number of hydrogen-bond acceptors (Lipinski definition) is 4. The van der Waals surface area contributed by atoms with Gasteiger partial charge in [-0.3, -0.25) is 14.5 Å². The zero-order valence-corrected chi connectivity index (χ0v) is 16.9. The van der Waals surface area contributed by atoms with Crippen molar-refractivity contribution >= 4 is 17.8 Å². The summed E-state index contributed by atoms with van der Waals surface area (Å²) in [6, 6.07) is 5.53. The van der Waals surface area contributed by atoms with Crippen LogP contribution in [0.15, 0.2) is 24.3 Å². The van der Waals surface area contributed by atoms with Gasteiger partial charge in [0.1, 0.15) is 18.7 Å². The Bertz CT molecular complexity index is 777. The minimum Gasteiger partial charge on any atom is -0.489 e.